The van der Waals surface area contributed by atoms with E-state index in [-0.39, 0.29) is 11.1 Å². The molecule has 0 fully saturated rings. The third-order valence-electron chi connectivity index (χ3n) is 3.67. The Labute approximate surface area is 161 Å². The minimum Gasteiger partial charge on any atom is -0.462 e. The molecule has 1 N–H and O–H groups in total. The van der Waals surface area contributed by atoms with Crippen molar-refractivity contribution in [1.29, 1.82) is 0 Å². The third kappa shape index (κ3) is 5.85. The van der Waals surface area contributed by atoms with Crippen molar-refractivity contribution in [2.45, 2.75) is 24.9 Å². The lowest BCUT2D eigenvalue weighted by Gasteiger charge is -2.08. The van der Waals surface area contributed by atoms with Crippen LogP contribution in [-0.2, 0) is 20.3 Å². The molecule has 9 heteroatoms. The summed E-state index contributed by atoms with van der Waals surface area (Å²) in [4.78, 5) is 24.0. The van der Waals surface area contributed by atoms with E-state index in [0.717, 1.165) is 0 Å². The molecule has 0 bridgehead atoms. The fourth-order valence-corrected chi connectivity index (χ4v) is 3.00. The van der Waals surface area contributed by atoms with Crippen LogP contribution in [0.15, 0.2) is 48.5 Å². The van der Waals surface area contributed by atoms with Crippen molar-refractivity contribution in [3.8, 4) is 0 Å². The van der Waals surface area contributed by atoms with Gasteiger partial charge < -0.3 is 10.1 Å². The number of benzene rings is 2. The van der Waals surface area contributed by atoms with Gasteiger partial charge in [-0.25, -0.2) is 13.2 Å². The molecule has 28 heavy (non-hydrogen) atoms. The van der Waals surface area contributed by atoms with Gasteiger partial charge in [-0.2, -0.15) is 8.78 Å². The summed E-state index contributed by atoms with van der Waals surface area (Å²) in [7, 11) is -4.52. The molecule has 0 aliphatic carbocycles. The zero-order valence-corrected chi connectivity index (χ0v) is 15.8. The van der Waals surface area contributed by atoms with Crippen LogP contribution in [0, 0.1) is 0 Å². The number of anilines is 1. The van der Waals surface area contributed by atoms with E-state index >= 15 is 0 Å². The molecule has 0 saturated carbocycles. The second-order valence-electron chi connectivity index (χ2n) is 5.93. The van der Waals surface area contributed by atoms with Crippen LogP contribution in [0.1, 0.15) is 39.6 Å². The van der Waals surface area contributed by atoms with Gasteiger partial charge in [-0.3, -0.25) is 4.79 Å². The van der Waals surface area contributed by atoms with Crippen molar-refractivity contribution < 1.29 is 31.5 Å². The van der Waals surface area contributed by atoms with E-state index in [1.165, 1.54) is 36.4 Å². The first kappa shape index (κ1) is 21.5. The summed E-state index contributed by atoms with van der Waals surface area (Å²) in [5.41, 5.74) is 1.19. The Bertz CT molecular complexity index is 926. The van der Waals surface area contributed by atoms with E-state index in [1.54, 1.807) is 12.1 Å². The van der Waals surface area contributed by atoms with Crippen LogP contribution in [0.4, 0.5) is 14.5 Å². The monoisotopic (exact) mass is 411 g/mol. The molecule has 6 nitrogen and oxygen atoms in total. The Hall–Kier alpha value is -2.81. The van der Waals surface area contributed by atoms with Gasteiger partial charge in [-0.1, -0.05) is 19.1 Å². The zero-order valence-electron chi connectivity index (χ0n) is 15.0. The highest BCUT2D eigenvalue weighted by molar-refractivity contribution is 7.90. The molecule has 150 valence electrons. The average molecular weight is 411 g/mol. The number of amides is 1. The Morgan fingerprint density at radius 2 is 1.57 bits per heavy atom. The maximum absolute atomic E-state index is 12.4. The number of alkyl halides is 2. The van der Waals surface area contributed by atoms with Gasteiger partial charge in [0.15, 0.2) is 0 Å². The number of hydrogen-bond donors (Lipinski definition) is 1. The molecule has 0 aliphatic heterocycles. The topological polar surface area (TPSA) is 89.5 Å². The van der Waals surface area contributed by atoms with Crippen molar-refractivity contribution in [1.82, 2.24) is 0 Å². The molecule has 0 unspecified atom stereocenters. The summed E-state index contributed by atoms with van der Waals surface area (Å²) in [6, 6.07) is 11.4. The van der Waals surface area contributed by atoms with Crippen LogP contribution in [0.5, 0.6) is 0 Å². The Kier molecular flexibility index (Phi) is 7.22. The summed E-state index contributed by atoms with van der Waals surface area (Å²) >= 11 is 0. The fourth-order valence-electron chi connectivity index (χ4n) is 2.22. The molecule has 0 saturated heterocycles. The van der Waals surface area contributed by atoms with Crippen molar-refractivity contribution in [3.63, 3.8) is 0 Å². The van der Waals surface area contributed by atoms with Crippen molar-refractivity contribution in [3.05, 3.63) is 65.2 Å². The predicted molar refractivity (Wildman–Crippen MR) is 100 cm³/mol. The highest BCUT2D eigenvalue weighted by Gasteiger charge is 2.24. The number of ether oxygens (including phenoxy) is 1. The Morgan fingerprint density at radius 1 is 1.00 bits per heavy atom. The quantitative estimate of drug-likeness (QED) is 0.670. The highest BCUT2D eigenvalue weighted by atomic mass is 32.2. The van der Waals surface area contributed by atoms with Crippen LogP contribution in [0.3, 0.4) is 0 Å². The second kappa shape index (κ2) is 9.41. The lowest BCUT2D eigenvalue weighted by atomic mass is 10.1. The van der Waals surface area contributed by atoms with Gasteiger partial charge in [0.25, 0.3) is 5.91 Å². The molecule has 2 aromatic carbocycles. The van der Waals surface area contributed by atoms with Gasteiger partial charge >= 0.3 is 11.7 Å². The van der Waals surface area contributed by atoms with Crippen LogP contribution in [0.2, 0.25) is 0 Å². The first-order valence-corrected chi connectivity index (χ1v) is 10.1. The van der Waals surface area contributed by atoms with Crippen molar-refractivity contribution >= 4 is 27.4 Å². The number of carbonyl (C=O) groups excluding carboxylic acids is 2. The molecule has 0 heterocycles. The largest absolute Gasteiger partial charge is 0.462 e. The minimum atomic E-state index is -4.52. The molecule has 0 atom stereocenters. The lowest BCUT2D eigenvalue weighted by Crippen LogP contribution is -2.14. The first-order valence-electron chi connectivity index (χ1n) is 8.40. The van der Waals surface area contributed by atoms with Gasteiger partial charge in [0.1, 0.15) is 0 Å². The maximum atomic E-state index is 12.4. The zero-order chi connectivity index (χ0) is 20.7. The van der Waals surface area contributed by atoms with E-state index in [2.05, 4.69) is 5.32 Å². The maximum Gasteiger partial charge on any atom is 0.338 e. The van der Waals surface area contributed by atoms with E-state index in [1.807, 2.05) is 6.92 Å². The second-order valence-corrected chi connectivity index (χ2v) is 7.90. The van der Waals surface area contributed by atoms with E-state index < -0.39 is 33.2 Å². The van der Waals surface area contributed by atoms with Gasteiger partial charge in [0, 0.05) is 11.3 Å². The number of esters is 1. The normalized spacial score (nSPS) is 11.3. The predicted octanol–water partition coefficient (Wildman–Crippen LogP) is 3.64. The summed E-state index contributed by atoms with van der Waals surface area (Å²) < 4.78 is 52.3. The molecule has 0 aliphatic rings. The summed E-state index contributed by atoms with van der Waals surface area (Å²) in [6.07, 6.45) is 0.715. The number of rotatable bonds is 8. The molecule has 1 amide bonds. The van der Waals surface area contributed by atoms with Crippen LogP contribution >= 0.6 is 0 Å². The molecular formula is C19H19F2NO5S. The summed E-state index contributed by atoms with van der Waals surface area (Å²) in [5.74, 6) is -5.17. The van der Waals surface area contributed by atoms with Gasteiger partial charge in [0.2, 0.25) is 9.84 Å². The highest BCUT2D eigenvalue weighted by Crippen LogP contribution is 2.16. The lowest BCUT2D eigenvalue weighted by molar-refractivity contribution is 0.0505. The molecule has 2 aromatic rings. The smallest absolute Gasteiger partial charge is 0.338 e. The molecular weight excluding hydrogens is 392 g/mol. The average Bonchev–Trinajstić information content (AvgIpc) is 2.66. The first-order chi connectivity index (χ1) is 13.2. The molecule has 0 radical (unpaired) electrons. The van der Waals surface area contributed by atoms with E-state index in [9.17, 15) is 26.8 Å². The molecule has 0 aromatic heterocycles. The standard InChI is InChI=1S/C19H19F2NO5S/c1-2-11-27-18(24)15-7-9-16(10-8-15)22-17(23)14-5-3-13(4-6-14)12-28(25,26)19(20)21/h3-10,19H,2,11-12H2,1H3,(H,22,23). The number of halogens is 2. The van der Waals surface area contributed by atoms with Gasteiger partial charge in [-0.15, -0.1) is 0 Å². The van der Waals surface area contributed by atoms with Crippen molar-refractivity contribution in [2.75, 3.05) is 11.9 Å². The number of carbonyl (C=O) groups is 2. The number of sulfone groups is 1. The number of nitrogens with one attached hydrogen (secondary N) is 1. The van der Waals surface area contributed by atoms with Gasteiger partial charge in [0.05, 0.1) is 17.9 Å². The van der Waals surface area contributed by atoms with Gasteiger partial charge in [-0.05, 0) is 48.4 Å². The Morgan fingerprint density at radius 3 is 2.11 bits per heavy atom. The fraction of sp³-hybridized carbons (Fsp3) is 0.263. The SMILES string of the molecule is CCCOC(=O)c1ccc(NC(=O)c2ccc(CS(=O)(=O)C(F)F)cc2)cc1. The minimum absolute atomic E-state index is 0.159. The van der Waals surface area contributed by atoms with Crippen molar-refractivity contribution in [2.24, 2.45) is 0 Å². The van der Waals surface area contributed by atoms with Crippen LogP contribution in [-0.4, -0.2) is 32.7 Å². The van der Waals surface area contributed by atoms with E-state index in [4.69, 9.17) is 4.74 Å². The molecule has 0 spiro atoms. The van der Waals surface area contributed by atoms with E-state index in [0.29, 0.717) is 24.3 Å². The van der Waals surface area contributed by atoms with Crippen LogP contribution < -0.4 is 5.32 Å². The Balaban J connectivity index is 2.00. The number of hydrogen-bond acceptors (Lipinski definition) is 5. The van der Waals surface area contributed by atoms with Crippen LogP contribution in [0.25, 0.3) is 0 Å². The third-order valence-corrected chi connectivity index (χ3v) is 4.95. The summed E-state index contributed by atoms with van der Waals surface area (Å²) in [5, 5.41) is 2.62. The summed E-state index contributed by atoms with van der Waals surface area (Å²) in [6.45, 7) is 2.21. The molecule has 2 rings (SSSR count).